The number of nitrogens with zero attached hydrogens (tertiary/aromatic N) is 1. The van der Waals surface area contributed by atoms with Crippen molar-refractivity contribution in [3.63, 3.8) is 0 Å². The molecule has 0 saturated heterocycles. The molecule has 0 N–H and O–H groups in total. The normalized spacial score (nSPS) is 11.1. The van der Waals surface area contributed by atoms with E-state index in [1.165, 1.54) is 6.07 Å². The van der Waals surface area contributed by atoms with Crippen LogP contribution >= 0.6 is 15.9 Å². The van der Waals surface area contributed by atoms with E-state index in [9.17, 15) is 4.79 Å². The summed E-state index contributed by atoms with van der Waals surface area (Å²) in [4.78, 5) is 11.6. The molecule has 3 aromatic carbocycles. The Hall–Kier alpha value is -3.37. The van der Waals surface area contributed by atoms with E-state index in [0.717, 1.165) is 38.1 Å². The van der Waals surface area contributed by atoms with Crippen molar-refractivity contribution in [2.45, 2.75) is 0 Å². The van der Waals surface area contributed by atoms with Crippen molar-refractivity contribution >= 4 is 26.9 Å². The number of fused-ring (bicyclic) bond motifs is 1. The molecule has 0 fully saturated rings. The predicted molar refractivity (Wildman–Crippen MR) is 120 cm³/mol. The lowest BCUT2D eigenvalue weighted by Crippen LogP contribution is -2.02. The van der Waals surface area contributed by atoms with Gasteiger partial charge in [0.15, 0.2) is 0 Å². The van der Waals surface area contributed by atoms with E-state index >= 15 is 0 Å². The van der Waals surface area contributed by atoms with Crippen LogP contribution in [-0.4, -0.2) is 4.57 Å². The number of aromatic nitrogens is 1. The standard InChI is InChI=1S/C25H16BrNO2/c26-25-19-11-16-24(28)29-23(19)15-14-22(25)27-20(17-7-3-1-4-8-17)12-13-21(27)18-9-5-2-6-10-18/h1-16H. The van der Waals surface area contributed by atoms with Crippen molar-refractivity contribution in [3.05, 3.63) is 112 Å². The smallest absolute Gasteiger partial charge is 0.336 e. The summed E-state index contributed by atoms with van der Waals surface area (Å²) in [6.07, 6.45) is 0. The van der Waals surface area contributed by atoms with Crippen LogP contribution in [0.5, 0.6) is 0 Å². The minimum atomic E-state index is -0.354. The van der Waals surface area contributed by atoms with Gasteiger partial charge in [-0.15, -0.1) is 0 Å². The lowest BCUT2D eigenvalue weighted by atomic mass is 10.1. The fourth-order valence-corrected chi connectivity index (χ4v) is 4.28. The molecule has 0 atom stereocenters. The van der Waals surface area contributed by atoms with Gasteiger partial charge in [0.1, 0.15) is 5.58 Å². The van der Waals surface area contributed by atoms with Gasteiger partial charge >= 0.3 is 5.63 Å². The molecule has 4 heteroatoms. The van der Waals surface area contributed by atoms with E-state index in [2.05, 4.69) is 56.9 Å². The van der Waals surface area contributed by atoms with E-state index in [1.807, 2.05) is 48.5 Å². The second-order valence-electron chi connectivity index (χ2n) is 6.74. The molecule has 0 aliphatic heterocycles. The molecule has 29 heavy (non-hydrogen) atoms. The Morgan fingerprint density at radius 3 is 1.83 bits per heavy atom. The summed E-state index contributed by atoms with van der Waals surface area (Å²) in [5, 5.41) is 0.855. The van der Waals surface area contributed by atoms with Crippen LogP contribution in [0.15, 0.2) is 111 Å². The maximum Gasteiger partial charge on any atom is 0.336 e. The van der Waals surface area contributed by atoms with Gasteiger partial charge in [0, 0.05) is 11.5 Å². The minimum absolute atomic E-state index is 0.354. The van der Waals surface area contributed by atoms with Crippen LogP contribution in [0.2, 0.25) is 0 Å². The average molecular weight is 442 g/mol. The molecule has 0 bridgehead atoms. The third-order valence-electron chi connectivity index (χ3n) is 4.98. The first-order chi connectivity index (χ1) is 14.2. The molecule has 2 heterocycles. The molecule has 0 spiro atoms. The number of halogens is 1. The average Bonchev–Trinajstić information content (AvgIpc) is 3.20. The highest BCUT2D eigenvalue weighted by Crippen LogP contribution is 2.37. The fourth-order valence-electron chi connectivity index (χ4n) is 3.64. The Kier molecular flexibility index (Phi) is 4.41. The summed E-state index contributed by atoms with van der Waals surface area (Å²) in [6.45, 7) is 0. The van der Waals surface area contributed by atoms with Gasteiger partial charge < -0.3 is 8.98 Å². The highest BCUT2D eigenvalue weighted by atomic mass is 79.9. The Morgan fingerprint density at radius 1 is 0.655 bits per heavy atom. The van der Waals surface area contributed by atoms with Crippen LogP contribution in [0.3, 0.4) is 0 Å². The monoisotopic (exact) mass is 441 g/mol. The number of benzene rings is 3. The van der Waals surface area contributed by atoms with E-state index in [4.69, 9.17) is 4.42 Å². The molecule has 140 valence electrons. The molecule has 3 nitrogen and oxygen atoms in total. The number of hydrogen-bond donors (Lipinski definition) is 0. The lowest BCUT2D eigenvalue weighted by Gasteiger charge is -2.17. The van der Waals surface area contributed by atoms with Gasteiger partial charge in [-0.25, -0.2) is 4.79 Å². The molecule has 0 radical (unpaired) electrons. The molecule has 0 saturated carbocycles. The summed E-state index contributed by atoms with van der Waals surface area (Å²) in [7, 11) is 0. The fraction of sp³-hybridized carbons (Fsp3) is 0. The highest BCUT2D eigenvalue weighted by Gasteiger charge is 2.17. The van der Waals surface area contributed by atoms with Gasteiger partial charge in [0.25, 0.3) is 0 Å². The zero-order chi connectivity index (χ0) is 19.8. The first kappa shape index (κ1) is 17.7. The molecule has 5 rings (SSSR count). The second kappa shape index (κ2) is 7.22. The molecular weight excluding hydrogens is 426 g/mol. The quantitative estimate of drug-likeness (QED) is 0.292. The van der Waals surface area contributed by atoms with Crippen LogP contribution in [-0.2, 0) is 0 Å². The zero-order valence-electron chi connectivity index (χ0n) is 15.4. The predicted octanol–water partition coefficient (Wildman–Crippen LogP) is 6.68. The van der Waals surface area contributed by atoms with Gasteiger partial charge in [-0.05, 0) is 57.4 Å². The van der Waals surface area contributed by atoms with Crippen molar-refractivity contribution in [3.8, 4) is 28.2 Å². The van der Waals surface area contributed by atoms with Crippen molar-refractivity contribution in [1.29, 1.82) is 0 Å². The van der Waals surface area contributed by atoms with E-state index in [0.29, 0.717) is 5.58 Å². The zero-order valence-corrected chi connectivity index (χ0v) is 17.0. The molecule has 0 amide bonds. The van der Waals surface area contributed by atoms with E-state index in [-0.39, 0.29) is 5.63 Å². The van der Waals surface area contributed by atoms with Crippen LogP contribution in [0, 0.1) is 0 Å². The molecular formula is C25H16BrNO2. The molecule has 0 aliphatic carbocycles. The SMILES string of the molecule is O=c1ccc2c(Br)c(-n3c(-c4ccccc4)ccc3-c3ccccc3)ccc2o1. The first-order valence-electron chi connectivity index (χ1n) is 9.28. The Balaban J connectivity index is 1.83. The number of hydrogen-bond acceptors (Lipinski definition) is 2. The lowest BCUT2D eigenvalue weighted by molar-refractivity contribution is 0.561. The highest BCUT2D eigenvalue weighted by molar-refractivity contribution is 9.10. The van der Waals surface area contributed by atoms with Crippen molar-refractivity contribution in [2.75, 3.05) is 0 Å². The topological polar surface area (TPSA) is 35.1 Å². The van der Waals surface area contributed by atoms with Crippen LogP contribution in [0.25, 0.3) is 39.2 Å². The second-order valence-corrected chi connectivity index (χ2v) is 7.53. The summed E-state index contributed by atoms with van der Waals surface area (Å²) in [5.74, 6) is 0. The van der Waals surface area contributed by atoms with Crippen molar-refractivity contribution in [1.82, 2.24) is 4.57 Å². The van der Waals surface area contributed by atoms with Crippen LogP contribution in [0.1, 0.15) is 0 Å². The summed E-state index contributed by atoms with van der Waals surface area (Å²) < 4.78 is 8.46. The van der Waals surface area contributed by atoms with Crippen molar-refractivity contribution < 1.29 is 4.42 Å². The molecule has 0 unspecified atom stereocenters. The Labute approximate surface area is 176 Å². The van der Waals surface area contributed by atoms with Gasteiger partial charge in [-0.2, -0.15) is 0 Å². The Bertz CT molecular complexity index is 1310. The van der Waals surface area contributed by atoms with Gasteiger partial charge in [0.05, 0.1) is 21.5 Å². The van der Waals surface area contributed by atoms with Crippen LogP contribution < -0.4 is 5.63 Å². The largest absolute Gasteiger partial charge is 0.423 e. The van der Waals surface area contributed by atoms with Gasteiger partial charge in [-0.1, -0.05) is 60.7 Å². The van der Waals surface area contributed by atoms with Gasteiger partial charge in [0.2, 0.25) is 0 Å². The maximum absolute atomic E-state index is 11.6. The summed E-state index contributed by atoms with van der Waals surface area (Å²) in [5.41, 5.74) is 5.61. The number of rotatable bonds is 3. The first-order valence-corrected chi connectivity index (χ1v) is 10.1. The third kappa shape index (κ3) is 3.12. The third-order valence-corrected chi connectivity index (χ3v) is 5.81. The van der Waals surface area contributed by atoms with Gasteiger partial charge in [-0.3, -0.25) is 0 Å². The summed E-state index contributed by atoms with van der Waals surface area (Å²) in [6, 6.07) is 32.0. The minimum Gasteiger partial charge on any atom is -0.423 e. The van der Waals surface area contributed by atoms with Crippen LogP contribution in [0.4, 0.5) is 0 Å². The van der Waals surface area contributed by atoms with Crippen molar-refractivity contribution in [2.24, 2.45) is 0 Å². The molecule has 5 aromatic rings. The van der Waals surface area contributed by atoms with E-state index < -0.39 is 0 Å². The van der Waals surface area contributed by atoms with E-state index in [1.54, 1.807) is 6.07 Å². The summed E-state index contributed by atoms with van der Waals surface area (Å²) >= 11 is 3.76. The molecule has 2 aromatic heterocycles. The molecule has 0 aliphatic rings. The Morgan fingerprint density at radius 2 is 1.24 bits per heavy atom. The maximum atomic E-state index is 11.6.